The lowest BCUT2D eigenvalue weighted by Crippen LogP contribution is -2.12. The van der Waals surface area contributed by atoms with E-state index in [0.29, 0.717) is 16.6 Å². The molecule has 2 rings (SSSR count). The summed E-state index contributed by atoms with van der Waals surface area (Å²) in [6, 6.07) is 5.29. The quantitative estimate of drug-likeness (QED) is 0.790. The third kappa shape index (κ3) is 1.75. The number of nitrogens with zero attached hydrogens (tertiary/aromatic N) is 1. The smallest absolute Gasteiger partial charge is 0.250 e. The van der Waals surface area contributed by atoms with E-state index >= 15 is 0 Å². The minimum absolute atomic E-state index is 0.121. The number of primary amides is 1. The van der Waals surface area contributed by atoms with Crippen molar-refractivity contribution >= 4 is 16.8 Å². The highest BCUT2D eigenvalue weighted by Gasteiger charge is 2.09. The summed E-state index contributed by atoms with van der Waals surface area (Å²) in [5, 5.41) is 9.92. The van der Waals surface area contributed by atoms with E-state index in [1.807, 2.05) is 19.1 Å². The van der Waals surface area contributed by atoms with Crippen molar-refractivity contribution in [1.29, 1.82) is 0 Å². The van der Waals surface area contributed by atoms with E-state index in [0.717, 1.165) is 10.9 Å². The summed E-state index contributed by atoms with van der Waals surface area (Å²) in [7, 11) is 0. The molecule has 0 unspecified atom stereocenters. The SMILES string of the molecule is Cc1cnc2c(C(N)=O)cc(CO)cc2c1. The molecule has 1 amide bonds. The van der Waals surface area contributed by atoms with Gasteiger partial charge in [-0.3, -0.25) is 9.78 Å². The highest BCUT2D eigenvalue weighted by atomic mass is 16.3. The first-order valence-electron chi connectivity index (χ1n) is 4.92. The summed E-state index contributed by atoms with van der Waals surface area (Å²) in [4.78, 5) is 15.5. The minimum Gasteiger partial charge on any atom is -0.392 e. The Morgan fingerprint density at radius 2 is 2.19 bits per heavy atom. The van der Waals surface area contributed by atoms with Crippen molar-refractivity contribution in [2.75, 3.05) is 0 Å². The molecule has 3 N–H and O–H groups in total. The molecule has 4 heteroatoms. The minimum atomic E-state index is -0.531. The molecule has 2 aromatic rings. The molecule has 16 heavy (non-hydrogen) atoms. The fourth-order valence-electron chi connectivity index (χ4n) is 1.70. The van der Waals surface area contributed by atoms with Gasteiger partial charge in [-0.05, 0) is 36.2 Å². The van der Waals surface area contributed by atoms with Gasteiger partial charge < -0.3 is 10.8 Å². The number of carbonyl (C=O) groups excluding carboxylic acids is 1. The van der Waals surface area contributed by atoms with Gasteiger partial charge in [0.05, 0.1) is 17.7 Å². The van der Waals surface area contributed by atoms with E-state index in [1.165, 1.54) is 0 Å². The second-order valence-electron chi connectivity index (χ2n) is 3.75. The molecule has 0 aliphatic carbocycles. The lowest BCUT2D eigenvalue weighted by molar-refractivity contribution is 0.100. The highest BCUT2D eigenvalue weighted by Crippen LogP contribution is 2.20. The van der Waals surface area contributed by atoms with Crippen molar-refractivity contribution in [1.82, 2.24) is 4.98 Å². The molecule has 82 valence electrons. The van der Waals surface area contributed by atoms with E-state index in [4.69, 9.17) is 10.8 Å². The van der Waals surface area contributed by atoms with Gasteiger partial charge >= 0.3 is 0 Å². The second-order valence-corrected chi connectivity index (χ2v) is 3.75. The molecule has 0 aliphatic rings. The molecule has 1 aromatic carbocycles. The molecule has 0 radical (unpaired) electrons. The first-order chi connectivity index (χ1) is 7.61. The van der Waals surface area contributed by atoms with Gasteiger partial charge in [0.2, 0.25) is 0 Å². The number of rotatable bonds is 2. The van der Waals surface area contributed by atoms with Gasteiger partial charge in [-0.1, -0.05) is 0 Å². The molecule has 0 saturated heterocycles. The van der Waals surface area contributed by atoms with Crippen LogP contribution in [0.15, 0.2) is 24.4 Å². The number of hydrogen-bond donors (Lipinski definition) is 2. The van der Waals surface area contributed by atoms with E-state index in [1.54, 1.807) is 12.3 Å². The topological polar surface area (TPSA) is 76.2 Å². The fraction of sp³-hybridized carbons (Fsp3) is 0.167. The highest BCUT2D eigenvalue weighted by molar-refractivity contribution is 6.05. The molecule has 0 aliphatic heterocycles. The van der Waals surface area contributed by atoms with E-state index in [2.05, 4.69) is 4.98 Å². The van der Waals surface area contributed by atoms with Crippen LogP contribution in [0.1, 0.15) is 21.5 Å². The third-order valence-electron chi connectivity index (χ3n) is 2.43. The molecule has 0 atom stereocenters. The molecule has 0 spiro atoms. The van der Waals surface area contributed by atoms with Crippen LogP contribution >= 0.6 is 0 Å². The van der Waals surface area contributed by atoms with Crippen molar-refractivity contribution in [2.24, 2.45) is 5.73 Å². The average Bonchev–Trinajstić information content (AvgIpc) is 2.26. The number of pyridine rings is 1. The zero-order valence-corrected chi connectivity index (χ0v) is 8.90. The molecule has 1 heterocycles. The molecular formula is C12H12N2O2. The predicted molar refractivity (Wildman–Crippen MR) is 60.9 cm³/mol. The predicted octanol–water partition coefficient (Wildman–Crippen LogP) is 1.13. The number of nitrogens with two attached hydrogens (primary N) is 1. The Kier molecular flexibility index (Phi) is 2.58. The molecule has 1 aromatic heterocycles. The summed E-state index contributed by atoms with van der Waals surface area (Å²) >= 11 is 0. The molecule has 0 fully saturated rings. The van der Waals surface area contributed by atoms with Crippen molar-refractivity contribution in [3.05, 3.63) is 41.1 Å². The van der Waals surface area contributed by atoms with Crippen molar-refractivity contribution < 1.29 is 9.90 Å². The van der Waals surface area contributed by atoms with Crippen LogP contribution in [0.5, 0.6) is 0 Å². The maximum absolute atomic E-state index is 11.3. The number of fused-ring (bicyclic) bond motifs is 1. The Bertz CT molecular complexity index is 564. The van der Waals surface area contributed by atoms with Crippen molar-refractivity contribution in [2.45, 2.75) is 13.5 Å². The summed E-state index contributed by atoms with van der Waals surface area (Å²) in [5.74, 6) is -0.531. The van der Waals surface area contributed by atoms with Crippen LogP contribution in [0.4, 0.5) is 0 Å². The maximum Gasteiger partial charge on any atom is 0.250 e. The summed E-state index contributed by atoms with van der Waals surface area (Å²) in [5.41, 5.74) is 7.87. The van der Waals surface area contributed by atoms with Gasteiger partial charge in [-0.25, -0.2) is 0 Å². The Labute approximate surface area is 92.7 Å². The van der Waals surface area contributed by atoms with Gasteiger partial charge in [-0.2, -0.15) is 0 Å². The van der Waals surface area contributed by atoms with Crippen molar-refractivity contribution in [3.63, 3.8) is 0 Å². The number of aliphatic hydroxyl groups excluding tert-OH is 1. The number of aliphatic hydroxyl groups is 1. The Morgan fingerprint density at radius 1 is 1.44 bits per heavy atom. The van der Waals surface area contributed by atoms with Crippen LogP contribution < -0.4 is 5.73 Å². The van der Waals surface area contributed by atoms with E-state index in [9.17, 15) is 4.79 Å². The lowest BCUT2D eigenvalue weighted by atomic mass is 10.0. The first-order valence-corrected chi connectivity index (χ1v) is 4.92. The van der Waals surface area contributed by atoms with Gasteiger partial charge in [0.1, 0.15) is 0 Å². The summed E-state index contributed by atoms with van der Waals surface area (Å²) in [6.07, 6.45) is 1.69. The van der Waals surface area contributed by atoms with Crippen LogP contribution in [0.3, 0.4) is 0 Å². The number of hydrogen-bond acceptors (Lipinski definition) is 3. The van der Waals surface area contributed by atoms with Crippen LogP contribution in [0.25, 0.3) is 10.9 Å². The Morgan fingerprint density at radius 3 is 2.81 bits per heavy atom. The Balaban J connectivity index is 2.81. The fourth-order valence-corrected chi connectivity index (χ4v) is 1.70. The number of aryl methyl sites for hydroxylation is 1. The second kappa shape index (κ2) is 3.90. The number of aromatic nitrogens is 1. The van der Waals surface area contributed by atoms with Gasteiger partial charge in [0.15, 0.2) is 0 Å². The zero-order chi connectivity index (χ0) is 11.7. The summed E-state index contributed by atoms with van der Waals surface area (Å²) in [6.45, 7) is 1.80. The van der Waals surface area contributed by atoms with Crippen LogP contribution in [-0.4, -0.2) is 16.0 Å². The molecule has 4 nitrogen and oxygen atoms in total. The molecule has 0 saturated carbocycles. The van der Waals surface area contributed by atoms with E-state index < -0.39 is 5.91 Å². The third-order valence-corrected chi connectivity index (χ3v) is 2.43. The monoisotopic (exact) mass is 216 g/mol. The normalized spacial score (nSPS) is 10.6. The van der Waals surface area contributed by atoms with Crippen molar-refractivity contribution in [3.8, 4) is 0 Å². The standard InChI is InChI=1S/C12H12N2O2/c1-7-2-9-3-8(6-15)4-10(12(13)16)11(9)14-5-7/h2-5,15H,6H2,1H3,(H2,13,16). The number of amides is 1. The van der Waals surface area contributed by atoms with Crippen LogP contribution in [0.2, 0.25) is 0 Å². The largest absolute Gasteiger partial charge is 0.392 e. The zero-order valence-electron chi connectivity index (χ0n) is 8.90. The van der Waals surface area contributed by atoms with Crippen LogP contribution in [0, 0.1) is 6.92 Å². The maximum atomic E-state index is 11.3. The van der Waals surface area contributed by atoms with Gasteiger partial charge in [0, 0.05) is 11.6 Å². The molecule has 0 bridgehead atoms. The number of carbonyl (C=O) groups is 1. The lowest BCUT2D eigenvalue weighted by Gasteiger charge is -2.06. The summed E-state index contributed by atoms with van der Waals surface area (Å²) < 4.78 is 0. The molecular weight excluding hydrogens is 204 g/mol. The van der Waals surface area contributed by atoms with Gasteiger partial charge in [-0.15, -0.1) is 0 Å². The van der Waals surface area contributed by atoms with E-state index in [-0.39, 0.29) is 6.61 Å². The van der Waals surface area contributed by atoms with Crippen LogP contribution in [-0.2, 0) is 6.61 Å². The van der Waals surface area contributed by atoms with Gasteiger partial charge in [0.25, 0.3) is 5.91 Å². The first kappa shape index (κ1) is 10.6. The number of benzene rings is 1. The average molecular weight is 216 g/mol. The Hall–Kier alpha value is -1.94.